The van der Waals surface area contributed by atoms with E-state index in [4.69, 9.17) is 9.47 Å². The van der Waals surface area contributed by atoms with E-state index >= 15 is 0 Å². The summed E-state index contributed by atoms with van der Waals surface area (Å²) in [6, 6.07) is 14.2. The van der Waals surface area contributed by atoms with Crippen molar-refractivity contribution < 1.29 is 9.47 Å². The van der Waals surface area contributed by atoms with Gasteiger partial charge in [-0.2, -0.15) is 0 Å². The van der Waals surface area contributed by atoms with Crippen LogP contribution in [-0.2, 0) is 6.42 Å². The SMILES string of the molecule is C=Cc1ccc(Cc2cc(OC)ccc2OC)cc1. The molecule has 0 fully saturated rings. The molecule has 19 heavy (non-hydrogen) atoms. The molecule has 0 aliphatic heterocycles. The van der Waals surface area contributed by atoms with Gasteiger partial charge in [-0.15, -0.1) is 0 Å². The summed E-state index contributed by atoms with van der Waals surface area (Å²) >= 11 is 0. The first-order chi connectivity index (χ1) is 9.26. The number of ether oxygens (including phenoxy) is 2. The molecule has 0 saturated heterocycles. The second-order valence-corrected chi connectivity index (χ2v) is 4.30. The van der Waals surface area contributed by atoms with Crippen LogP contribution < -0.4 is 9.47 Å². The molecule has 2 aromatic rings. The average Bonchev–Trinajstić information content (AvgIpc) is 2.48. The van der Waals surface area contributed by atoms with E-state index in [1.807, 2.05) is 24.3 Å². The highest BCUT2D eigenvalue weighted by molar-refractivity contribution is 5.48. The lowest BCUT2D eigenvalue weighted by atomic mass is 10.0. The number of hydrogen-bond acceptors (Lipinski definition) is 2. The molecule has 0 heterocycles. The molecule has 0 saturated carbocycles. The van der Waals surface area contributed by atoms with Crippen molar-refractivity contribution in [2.45, 2.75) is 6.42 Å². The first kappa shape index (κ1) is 13.2. The van der Waals surface area contributed by atoms with Gasteiger partial charge in [0.1, 0.15) is 11.5 Å². The van der Waals surface area contributed by atoms with Crippen LogP contribution in [0.25, 0.3) is 6.08 Å². The number of methoxy groups -OCH3 is 2. The fourth-order valence-electron chi connectivity index (χ4n) is 2.01. The second-order valence-electron chi connectivity index (χ2n) is 4.30. The van der Waals surface area contributed by atoms with Crippen LogP contribution in [-0.4, -0.2) is 14.2 Å². The molecule has 2 nitrogen and oxygen atoms in total. The van der Waals surface area contributed by atoms with Crippen LogP contribution in [0, 0.1) is 0 Å². The van der Waals surface area contributed by atoms with Gasteiger partial charge in [-0.25, -0.2) is 0 Å². The minimum absolute atomic E-state index is 0.817. The van der Waals surface area contributed by atoms with E-state index in [1.165, 1.54) is 5.56 Å². The van der Waals surface area contributed by atoms with Crippen LogP contribution >= 0.6 is 0 Å². The fraction of sp³-hybridized carbons (Fsp3) is 0.176. The zero-order chi connectivity index (χ0) is 13.7. The van der Waals surface area contributed by atoms with Gasteiger partial charge in [0.05, 0.1) is 14.2 Å². The van der Waals surface area contributed by atoms with Crippen molar-refractivity contribution >= 4 is 6.08 Å². The predicted molar refractivity (Wildman–Crippen MR) is 78.9 cm³/mol. The Hall–Kier alpha value is -2.22. The minimum Gasteiger partial charge on any atom is -0.497 e. The van der Waals surface area contributed by atoms with Crippen molar-refractivity contribution in [1.82, 2.24) is 0 Å². The molecule has 0 radical (unpaired) electrons. The molecule has 0 aromatic heterocycles. The number of rotatable bonds is 5. The Balaban J connectivity index is 2.27. The third-order valence-electron chi connectivity index (χ3n) is 3.10. The van der Waals surface area contributed by atoms with E-state index in [9.17, 15) is 0 Å². The second kappa shape index (κ2) is 6.10. The highest BCUT2D eigenvalue weighted by Gasteiger charge is 2.06. The lowest BCUT2D eigenvalue weighted by Crippen LogP contribution is -1.95. The molecule has 0 bridgehead atoms. The Labute approximate surface area is 114 Å². The summed E-state index contributed by atoms with van der Waals surface area (Å²) in [6.45, 7) is 3.76. The third kappa shape index (κ3) is 3.16. The zero-order valence-corrected chi connectivity index (χ0v) is 11.3. The van der Waals surface area contributed by atoms with E-state index in [0.29, 0.717) is 0 Å². The van der Waals surface area contributed by atoms with Crippen molar-refractivity contribution in [2.75, 3.05) is 14.2 Å². The Morgan fingerprint density at radius 2 is 1.74 bits per heavy atom. The molecule has 0 aliphatic rings. The maximum absolute atomic E-state index is 5.39. The summed E-state index contributed by atoms with van der Waals surface area (Å²) in [5.74, 6) is 1.73. The predicted octanol–water partition coefficient (Wildman–Crippen LogP) is 3.94. The van der Waals surface area contributed by atoms with Gasteiger partial charge in [0, 0.05) is 12.0 Å². The molecule has 2 heteroatoms. The average molecular weight is 254 g/mol. The van der Waals surface area contributed by atoms with E-state index in [-0.39, 0.29) is 0 Å². The monoisotopic (exact) mass is 254 g/mol. The van der Waals surface area contributed by atoms with Gasteiger partial charge in [0.2, 0.25) is 0 Å². The Morgan fingerprint density at radius 3 is 2.32 bits per heavy atom. The zero-order valence-electron chi connectivity index (χ0n) is 11.3. The summed E-state index contributed by atoms with van der Waals surface area (Å²) in [5.41, 5.74) is 3.48. The first-order valence-corrected chi connectivity index (χ1v) is 6.19. The quantitative estimate of drug-likeness (QED) is 0.804. The van der Waals surface area contributed by atoms with E-state index in [2.05, 4.69) is 30.8 Å². The standard InChI is InChI=1S/C17H18O2/c1-4-13-5-7-14(8-6-13)11-15-12-16(18-2)9-10-17(15)19-3/h4-10,12H,1,11H2,2-3H3. The van der Waals surface area contributed by atoms with Crippen molar-refractivity contribution in [3.8, 4) is 11.5 Å². The molecule has 98 valence electrons. The van der Waals surface area contributed by atoms with Crippen LogP contribution in [0.3, 0.4) is 0 Å². The van der Waals surface area contributed by atoms with Gasteiger partial charge < -0.3 is 9.47 Å². The smallest absolute Gasteiger partial charge is 0.122 e. The van der Waals surface area contributed by atoms with Gasteiger partial charge in [-0.05, 0) is 29.3 Å². The highest BCUT2D eigenvalue weighted by atomic mass is 16.5. The molecular weight excluding hydrogens is 236 g/mol. The summed E-state index contributed by atoms with van der Waals surface area (Å²) < 4.78 is 10.6. The molecule has 0 aliphatic carbocycles. The first-order valence-electron chi connectivity index (χ1n) is 6.19. The normalized spacial score (nSPS) is 10.0. The van der Waals surface area contributed by atoms with Crippen LogP contribution in [0.2, 0.25) is 0 Å². The fourth-order valence-corrected chi connectivity index (χ4v) is 2.01. The Morgan fingerprint density at radius 1 is 1.00 bits per heavy atom. The van der Waals surface area contributed by atoms with Gasteiger partial charge >= 0.3 is 0 Å². The molecule has 0 atom stereocenters. The molecule has 0 N–H and O–H groups in total. The third-order valence-corrected chi connectivity index (χ3v) is 3.10. The number of benzene rings is 2. The van der Waals surface area contributed by atoms with Crippen molar-refractivity contribution in [3.05, 3.63) is 65.7 Å². The van der Waals surface area contributed by atoms with E-state index in [0.717, 1.165) is 29.0 Å². The molecule has 2 aromatic carbocycles. The minimum atomic E-state index is 0.817. The molecule has 0 amide bonds. The lowest BCUT2D eigenvalue weighted by Gasteiger charge is -2.10. The molecule has 2 rings (SSSR count). The Bertz CT molecular complexity index is 556. The maximum Gasteiger partial charge on any atom is 0.122 e. The van der Waals surface area contributed by atoms with Gasteiger partial charge in [0.25, 0.3) is 0 Å². The van der Waals surface area contributed by atoms with Crippen LogP contribution in [0.4, 0.5) is 0 Å². The molecule has 0 unspecified atom stereocenters. The van der Waals surface area contributed by atoms with Crippen molar-refractivity contribution in [3.63, 3.8) is 0 Å². The van der Waals surface area contributed by atoms with Crippen molar-refractivity contribution in [1.29, 1.82) is 0 Å². The summed E-state index contributed by atoms with van der Waals surface area (Å²) in [6.07, 6.45) is 2.66. The van der Waals surface area contributed by atoms with Gasteiger partial charge in [-0.3, -0.25) is 0 Å². The topological polar surface area (TPSA) is 18.5 Å². The number of hydrogen-bond donors (Lipinski definition) is 0. The van der Waals surface area contributed by atoms with Crippen LogP contribution in [0.1, 0.15) is 16.7 Å². The van der Waals surface area contributed by atoms with E-state index in [1.54, 1.807) is 14.2 Å². The van der Waals surface area contributed by atoms with E-state index < -0.39 is 0 Å². The van der Waals surface area contributed by atoms with Crippen LogP contribution in [0.15, 0.2) is 49.0 Å². The highest BCUT2D eigenvalue weighted by Crippen LogP contribution is 2.26. The molecular formula is C17H18O2. The summed E-state index contributed by atoms with van der Waals surface area (Å²) in [7, 11) is 3.36. The van der Waals surface area contributed by atoms with Crippen molar-refractivity contribution in [2.24, 2.45) is 0 Å². The largest absolute Gasteiger partial charge is 0.497 e. The summed E-state index contributed by atoms with van der Waals surface area (Å²) in [5, 5.41) is 0. The maximum atomic E-state index is 5.39. The Kier molecular flexibility index (Phi) is 4.24. The lowest BCUT2D eigenvalue weighted by molar-refractivity contribution is 0.399. The summed E-state index contributed by atoms with van der Waals surface area (Å²) in [4.78, 5) is 0. The molecule has 0 spiro atoms. The van der Waals surface area contributed by atoms with Crippen LogP contribution in [0.5, 0.6) is 11.5 Å². The van der Waals surface area contributed by atoms with Gasteiger partial charge in [-0.1, -0.05) is 36.9 Å². The van der Waals surface area contributed by atoms with Gasteiger partial charge in [0.15, 0.2) is 0 Å².